The van der Waals surface area contributed by atoms with Crippen LogP contribution >= 0.6 is 23.2 Å². The number of aliphatic hydroxyl groups excluding tert-OH is 1. The van der Waals surface area contributed by atoms with E-state index in [0.717, 1.165) is 19.3 Å². The van der Waals surface area contributed by atoms with Gasteiger partial charge in [-0.1, -0.05) is 43.0 Å². The molecule has 0 heterocycles. The van der Waals surface area contributed by atoms with Gasteiger partial charge in [0.05, 0.1) is 11.0 Å². The highest BCUT2D eigenvalue weighted by Gasteiger charge is 2.27. The van der Waals surface area contributed by atoms with E-state index in [1.807, 2.05) is 6.92 Å². The second kappa shape index (κ2) is 12.4. The zero-order valence-electron chi connectivity index (χ0n) is 15.3. The van der Waals surface area contributed by atoms with Crippen LogP contribution in [0.2, 0.25) is 0 Å². The van der Waals surface area contributed by atoms with Crippen LogP contribution in [0.5, 0.6) is 0 Å². The number of alkyl halides is 2. The van der Waals surface area contributed by atoms with Crippen LogP contribution in [0.4, 0.5) is 10.5 Å². The number of benzene rings is 1. The maximum absolute atomic E-state index is 11.8. The molecule has 0 radical (unpaired) electrons. The first-order valence-corrected chi connectivity index (χ1v) is 9.55. The fraction of sp³-hybridized carbons (Fsp3) is 0.529. The second-order valence-corrected chi connectivity index (χ2v) is 7.04. The molecular formula is C17H23Cl2N3O6. The third kappa shape index (κ3) is 8.28. The largest absolute Gasteiger partial charge is 0.447 e. The number of nitrogens with zero attached hydrogens (tertiary/aromatic N) is 1. The van der Waals surface area contributed by atoms with Crippen molar-refractivity contribution in [2.45, 2.75) is 43.2 Å². The van der Waals surface area contributed by atoms with Gasteiger partial charge in [-0.05, 0) is 24.1 Å². The van der Waals surface area contributed by atoms with Crippen molar-refractivity contribution < 1.29 is 24.4 Å². The molecule has 156 valence electrons. The van der Waals surface area contributed by atoms with E-state index >= 15 is 0 Å². The Hall–Kier alpha value is -2.10. The first-order chi connectivity index (χ1) is 13.3. The lowest BCUT2D eigenvalue weighted by molar-refractivity contribution is -0.384. The predicted octanol–water partition coefficient (Wildman–Crippen LogP) is 2.83. The van der Waals surface area contributed by atoms with Crippen molar-refractivity contribution in [3.8, 4) is 0 Å². The van der Waals surface area contributed by atoms with E-state index in [-0.39, 0.29) is 17.9 Å². The van der Waals surface area contributed by atoms with Crippen LogP contribution in [0.25, 0.3) is 0 Å². The molecule has 28 heavy (non-hydrogen) atoms. The number of alkyl carbamates (subject to hydrolysis) is 1. The van der Waals surface area contributed by atoms with Crippen molar-refractivity contribution in [1.29, 1.82) is 0 Å². The summed E-state index contributed by atoms with van der Waals surface area (Å²) in [5, 5.41) is 26.2. The van der Waals surface area contributed by atoms with Gasteiger partial charge in [0.1, 0.15) is 12.7 Å². The Bertz CT molecular complexity index is 657. The summed E-state index contributed by atoms with van der Waals surface area (Å²) in [7, 11) is 0. The van der Waals surface area contributed by atoms with Crippen LogP contribution in [0, 0.1) is 10.1 Å². The van der Waals surface area contributed by atoms with Crippen LogP contribution in [0.1, 0.15) is 37.9 Å². The van der Waals surface area contributed by atoms with Gasteiger partial charge in [0.2, 0.25) is 0 Å². The van der Waals surface area contributed by atoms with Crippen LogP contribution in [0.3, 0.4) is 0 Å². The van der Waals surface area contributed by atoms with Gasteiger partial charge in [0.15, 0.2) is 4.84 Å². The van der Waals surface area contributed by atoms with E-state index < -0.39 is 33.9 Å². The molecule has 0 saturated heterocycles. The highest BCUT2D eigenvalue weighted by atomic mass is 35.5. The highest BCUT2D eigenvalue weighted by molar-refractivity contribution is 6.53. The Labute approximate surface area is 172 Å². The number of non-ortho nitro benzene ring substituents is 1. The first-order valence-electron chi connectivity index (χ1n) is 8.67. The van der Waals surface area contributed by atoms with Gasteiger partial charge in [0, 0.05) is 18.7 Å². The number of hydrogen-bond acceptors (Lipinski definition) is 6. The molecule has 1 aromatic carbocycles. The number of carbonyl (C=O) groups excluding carboxylic acids is 2. The maximum Gasteiger partial charge on any atom is 0.407 e. The number of nitrogens with one attached hydrogen (secondary N) is 2. The fourth-order valence-corrected chi connectivity index (χ4v) is 2.39. The van der Waals surface area contributed by atoms with Gasteiger partial charge in [-0.15, -0.1) is 0 Å². The van der Waals surface area contributed by atoms with Gasteiger partial charge in [-0.25, -0.2) is 4.79 Å². The van der Waals surface area contributed by atoms with E-state index in [0.29, 0.717) is 6.54 Å². The van der Waals surface area contributed by atoms with Crippen molar-refractivity contribution in [2.24, 2.45) is 0 Å². The lowest BCUT2D eigenvalue weighted by Gasteiger charge is -2.24. The predicted molar refractivity (Wildman–Crippen MR) is 104 cm³/mol. The Kier molecular flexibility index (Phi) is 10.6. The average molecular weight is 436 g/mol. The number of nitro benzene ring substituents is 1. The number of hydrogen-bond donors (Lipinski definition) is 3. The summed E-state index contributed by atoms with van der Waals surface area (Å²) < 4.78 is 5.05. The summed E-state index contributed by atoms with van der Waals surface area (Å²) in [6.45, 7) is 2.12. The molecule has 0 saturated carbocycles. The molecule has 0 bridgehead atoms. The third-order valence-corrected chi connectivity index (χ3v) is 4.19. The summed E-state index contributed by atoms with van der Waals surface area (Å²) in [6.07, 6.45) is 0.760. The monoisotopic (exact) mass is 435 g/mol. The molecule has 2 atom stereocenters. The third-order valence-electron chi connectivity index (χ3n) is 3.80. The zero-order valence-corrected chi connectivity index (χ0v) is 16.8. The number of unbranched alkanes of at least 4 members (excludes halogenated alkanes) is 2. The van der Waals surface area contributed by atoms with E-state index in [4.69, 9.17) is 27.9 Å². The quantitative estimate of drug-likeness (QED) is 0.212. The molecular weight excluding hydrogens is 413 g/mol. The van der Waals surface area contributed by atoms with Gasteiger partial charge < -0.3 is 20.5 Å². The molecule has 0 fully saturated rings. The summed E-state index contributed by atoms with van der Waals surface area (Å²) in [6, 6.07) is 4.04. The van der Waals surface area contributed by atoms with E-state index in [9.17, 15) is 24.8 Å². The SMILES string of the molecule is CCCCCNC(=O)OC[C@@H](NC(=O)C(Cl)Cl)[C@H](O)c1ccc([N+](=O)[O-])cc1. The maximum atomic E-state index is 11.8. The average Bonchev–Trinajstić information content (AvgIpc) is 2.67. The first kappa shape index (κ1) is 23.9. The van der Waals surface area contributed by atoms with Gasteiger partial charge in [-0.2, -0.15) is 0 Å². The van der Waals surface area contributed by atoms with Crippen LogP contribution in [-0.4, -0.2) is 46.1 Å². The van der Waals surface area contributed by atoms with Crippen LogP contribution in [0.15, 0.2) is 24.3 Å². The van der Waals surface area contributed by atoms with Crippen molar-refractivity contribution in [3.63, 3.8) is 0 Å². The molecule has 2 amide bonds. The molecule has 9 nitrogen and oxygen atoms in total. The van der Waals surface area contributed by atoms with E-state index in [1.54, 1.807) is 0 Å². The molecule has 0 aromatic heterocycles. The molecule has 0 aliphatic rings. The smallest absolute Gasteiger partial charge is 0.407 e. The van der Waals surface area contributed by atoms with Crippen molar-refractivity contribution in [3.05, 3.63) is 39.9 Å². The van der Waals surface area contributed by atoms with Crippen LogP contribution < -0.4 is 10.6 Å². The standard InChI is InChI=1S/C17H23Cl2N3O6/c1-2-3-4-9-20-17(25)28-10-13(21-16(24)15(18)19)14(23)11-5-7-12(8-6-11)22(26)27/h5-8,13-15,23H,2-4,9-10H2,1H3,(H,20,25)(H,21,24)/t13-,14-/m1/s1. The molecule has 0 aliphatic heterocycles. The van der Waals surface area contributed by atoms with E-state index in [1.165, 1.54) is 24.3 Å². The van der Waals surface area contributed by atoms with Gasteiger partial charge in [-0.3, -0.25) is 14.9 Å². The molecule has 0 aliphatic carbocycles. The molecule has 11 heteroatoms. The van der Waals surface area contributed by atoms with Crippen LogP contribution in [-0.2, 0) is 9.53 Å². The minimum Gasteiger partial charge on any atom is -0.447 e. The summed E-state index contributed by atoms with van der Waals surface area (Å²) in [4.78, 5) is 32.3. The number of rotatable bonds is 11. The normalized spacial score (nSPS) is 12.9. The topological polar surface area (TPSA) is 131 Å². The number of halogens is 2. The number of aliphatic hydroxyl groups is 1. The molecule has 1 aromatic rings. The minimum absolute atomic E-state index is 0.152. The van der Waals surface area contributed by atoms with Crippen molar-refractivity contribution in [1.82, 2.24) is 10.6 Å². The van der Waals surface area contributed by atoms with E-state index in [2.05, 4.69) is 10.6 Å². The summed E-state index contributed by atoms with van der Waals surface area (Å²) in [5.74, 6) is -0.777. The molecule has 3 N–H and O–H groups in total. The van der Waals surface area contributed by atoms with Crippen molar-refractivity contribution >= 4 is 40.9 Å². The Balaban J connectivity index is 2.76. The second-order valence-electron chi connectivity index (χ2n) is 5.94. The number of ether oxygens (including phenoxy) is 1. The summed E-state index contributed by atoms with van der Waals surface area (Å²) in [5.41, 5.74) is 0.129. The lowest BCUT2D eigenvalue weighted by Crippen LogP contribution is -2.45. The Morgan fingerprint density at radius 1 is 1.25 bits per heavy atom. The highest BCUT2D eigenvalue weighted by Crippen LogP contribution is 2.21. The number of nitro groups is 1. The summed E-state index contributed by atoms with van der Waals surface area (Å²) >= 11 is 11.0. The van der Waals surface area contributed by atoms with Gasteiger partial charge >= 0.3 is 6.09 Å². The molecule has 0 unspecified atom stereocenters. The molecule has 0 spiro atoms. The number of carbonyl (C=O) groups is 2. The zero-order chi connectivity index (χ0) is 21.1. The van der Waals surface area contributed by atoms with Crippen molar-refractivity contribution in [2.75, 3.05) is 13.2 Å². The molecule has 1 rings (SSSR count). The minimum atomic E-state index is -1.38. The lowest BCUT2D eigenvalue weighted by atomic mass is 10.0. The Morgan fingerprint density at radius 2 is 1.89 bits per heavy atom. The number of amides is 2. The Morgan fingerprint density at radius 3 is 2.43 bits per heavy atom. The van der Waals surface area contributed by atoms with Gasteiger partial charge in [0.25, 0.3) is 11.6 Å². The fourth-order valence-electron chi connectivity index (χ4n) is 2.26.